The average molecular weight is 202 g/mol. The number of hydrogen-bond donors (Lipinski definition) is 3. The van der Waals surface area contributed by atoms with Gasteiger partial charge in [-0.15, -0.1) is 0 Å². The van der Waals surface area contributed by atoms with E-state index in [4.69, 9.17) is 5.11 Å². The summed E-state index contributed by atoms with van der Waals surface area (Å²) in [5, 5.41) is 29.0. The second-order valence-electron chi connectivity index (χ2n) is 5.09. The van der Waals surface area contributed by atoms with Crippen molar-refractivity contribution in [1.82, 2.24) is 0 Å². The van der Waals surface area contributed by atoms with Crippen LogP contribution >= 0.6 is 0 Å². The van der Waals surface area contributed by atoms with E-state index >= 15 is 0 Å². The lowest BCUT2D eigenvalue weighted by atomic mass is 9.69. The molecule has 1 fully saturated rings. The minimum atomic E-state index is -0.789. The zero-order valence-electron chi connectivity index (χ0n) is 9.44. The molecule has 0 aliphatic heterocycles. The van der Waals surface area contributed by atoms with Gasteiger partial charge in [0.2, 0.25) is 0 Å². The molecule has 0 aromatic carbocycles. The molecule has 0 spiro atoms. The normalized spacial score (nSPS) is 48.9. The molecule has 3 heteroatoms. The van der Waals surface area contributed by atoms with Gasteiger partial charge in [-0.1, -0.05) is 27.7 Å². The highest BCUT2D eigenvalue weighted by Crippen LogP contribution is 2.51. The molecule has 5 atom stereocenters. The van der Waals surface area contributed by atoms with Crippen LogP contribution in [0.5, 0.6) is 0 Å². The molecule has 1 aliphatic rings. The predicted molar refractivity (Wildman–Crippen MR) is 54.7 cm³/mol. The van der Waals surface area contributed by atoms with Crippen LogP contribution in [-0.4, -0.2) is 34.1 Å². The van der Waals surface area contributed by atoms with Crippen molar-refractivity contribution >= 4 is 0 Å². The minimum Gasteiger partial charge on any atom is -0.396 e. The van der Waals surface area contributed by atoms with E-state index in [-0.39, 0.29) is 23.9 Å². The van der Waals surface area contributed by atoms with Gasteiger partial charge in [-0.2, -0.15) is 0 Å². The SMILES string of the molecule is CC(C)[C@@]1(C)[C@H](O)[C@H](O)[C@H](CO)[C@@H]1C. The molecule has 1 saturated carbocycles. The Labute approximate surface area is 85.8 Å². The molecular weight excluding hydrogens is 180 g/mol. The Kier molecular flexibility index (Phi) is 3.24. The minimum absolute atomic E-state index is 0.0539. The smallest absolute Gasteiger partial charge is 0.0861 e. The Hall–Kier alpha value is -0.120. The highest BCUT2D eigenvalue weighted by Gasteiger charge is 2.55. The molecule has 0 unspecified atom stereocenters. The van der Waals surface area contributed by atoms with Crippen molar-refractivity contribution in [3.63, 3.8) is 0 Å². The molecule has 0 radical (unpaired) electrons. The van der Waals surface area contributed by atoms with Gasteiger partial charge >= 0.3 is 0 Å². The summed E-state index contributed by atoms with van der Waals surface area (Å²) in [7, 11) is 0. The molecule has 3 nitrogen and oxygen atoms in total. The van der Waals surface area contributed by atoms with Gasteiger partial charge in [-0.25, -0.2) is 0 Å². The second-order valence-corrected chi connectivity index (χ2v) is 5.09. The molecule has 84 valence electrons. The maximum atomic E-state index is 10.00. The first kappa shape index (κ1) is 12.0. The maximum absolute atomic E-state index is 10.00. The van der Waals surface area contributed by atoms with Gasteiger partial charge in [0, 0.05) is 17.9 Å². The fourth-order valence-corrected chi connectivity index (χ4v) is 2.76. The van der Waals surface area contributed by atoms with Crippen LogP contribution in [0.4, 0.5) is 0 Å². The highest BCUT2D eigenvalue weighted by atomic mass is 16.3. The number of aliphatic hydroxyl groups excluding tert-OH is 3. The lowest BCUT2D eigenvalue weighted by Crippen LogP contribution is -2.40. The van der Waals surface area contributed by atoms with Crippen LogP contribution in [0.25, 0.3) is 0 Å². The fraction of sp³-hybridized carbons (Fsp3) is 1.00. The maximum Gasteiger partial charge on any atom is 0.0861 e. The van der Waals surface area contributed by atoms with Crippen molar-refractivity contribution in [1.29, 1.82) is 0 Å². The fourth-order valence-electron chi connectivity index (χ4n) is 2.76. The molecule has 0 amide bonds. The molecule has 14 heavy (non-hydrogen) atoms. The van der Waals surface area contributed by atoms with Crippen LogP contribution in [0.3, 0.4) is 0 Å². The molecule has 0 bridgehead atoms. The molecule has 0 aromatic heterocycles. The Morgan fingerprint density at radius 2 is 1.79 bits per heavy atom. The Morgan fingerprint density at radius 3 is 2.00 bits per heavy atom. The largest absolute Gasteiger partial charge is 0.396 e. The third-order valence-electron chi connectivity index (χ3n) is 4.48. The standard InChI is InChI=1S/C11H22O3/c1-6(2)11(4)7(3)8(5-12)9(13)10(11)14/h6-10,12-14H,5H2,1-4H3/t7-,8+,9+,10+,11+/m0/s1. The van der Waals surface area contributed by atoms with Gasteiger partial charge in [-0.05, 0) is 11.8 Å². The summed E-state index contributed by atoms with van der Waals surface area (Å²) in [6.45, 7) is 8.03. The van der Waals surface area contributed by atoms with E-state index in [1.807, 2.05) is 27.7 Å². The molecule has 0 aromatic rings. The Bertz CT molecular complexity index is 205. The van der Waals surface area contributed by atoms with Gasteiger partial charge in [0.05, 0.1) is 12.2 Å². The van der Waals surface area contributed by atoms with Gasteiger partial charge in [0.15, 0.2) is 0 Å². The van der Waals surface area contributed by atoms with Crippen molar-refractivity contribution in [2.75, 3.05) is 6.61 Å². The lowest BCUT2D eigenvalue weighted by molar-refractivity contribution is -0.0465. The van der Waals surface area contributed by atoms with Crippen LogP contribution in [0.2, 0.25) is 0 Å². The molecule has 0 saturated heterocycles. The summed E-state index contributed by atoms with van der Waals surface area (Å²) in [5.74, 6) is 0.230. The second kappa shape index (κ2) is 3.80. The number of rotatable bonds is 2. The van der Waals surface area contributed by atoms with Crippen LogP contribution in [0, 0.1) is 23.2 Å². The highest BCUT2D eigenvalue weighted by molar-refractivity contribution is 5.04. The predicted octanol–water partition coefficient (Wildman–Crippen LogP) is 0.629. The number of aliphatic hydroxyl groups is 3. The first-order valence-corrected chi connectivity index (χ1v) is 5.34. The zero-order chi connectivity index (χ0) is 11.1. The van der Waals surface area contributed by atoms with Crippen molar-refractivity contribution in [2.24, 2.45) is 23.2 Å². The molecule has 0 heterocycles. The summed E-state index contributed by atoms with van der Waals surface area (Å²) < 4.78 is 0. The lowest BCUT2D eigenvalue weighted by Gasteiger charge is -2.37. The van der Waals surface area contributed by atoms with E-state index in [0.29, 0.717) is 5.92 Å². The third kappa shape index (κ3) is 1.38. The van der Waals surface area contributed by atoms with Crippen LogP contribution in [-0.2, 0) is 0 Å². The van der Waals surface area contributed by atoms with Crippen LogP contribution < -0.4 is 0 Å². The van der Waals surface area contributed by atoms with E-state index in [9.17, 15) is 10.2 Å². The Morgan fingerprint density at radius 1 is 1.29 bits per heavy atom. The van der Waals surface area contributed by atoms with E-state index in [0.717, 1.165) is 0 Å². The molecule has 1 rings (SSSR count). The summed E-state index contributed by atoms with van der Waals surface area (Å²) in [6.07, 6.45) is -1.52. The van der Waals surface area contributed by atoms with Gasteiger partial charge in [-0.3, -0.25) is 0 Å². The molecule has 3 N–H and O–H groups in total. The van der Waals surface area contributed by atoms with E-state index < -0.39 is 12.2 Å². The van der Waals surface area contributed by atoms with Crippen molar-refractivity contribution in [3.8, 4) is 0 Å². The van der Waals surface area contributed by atoms with Crippen molar-refractivity contribution in [3.05, 3.63) is 0 Å². The quantitative estimate of drug-likeness (QED) is 0.615. The van der Waals surface area contributed by atoms with Gasteiger partial charge in [0.1, 0.15) is 0 Å². The van der Waals surface area contributed by atoms with Crippen LogP contribution in [0.15, 0.2) is 0 Å². The van der Waals surface area contributed by atoms with E-state index in [1.54, 1.807) is 0 Å². The average Bonchev–Trinajstić information content (AvgIpc) is 2.29. The first-order chi connectivity index (χ1) is 6.37. The Balaban J connectivity index is 2.99. The third-order valence-corrected chi connectivity index (χ3v) is 4.48. The monoisotopic (exact) mass is 202 g/mol. The molecule has 1 aliphatic carbocycles. The van der Waals surface area contributed by atoms with E-state index in [2.05, 4.69) is 0 Å². The topological polar surface area (TPSA) is 60.7 Å². The van der Waals surface area contributed by atoms with E-state index in [1.165, 1.54) is 0 Å². The van der Waals surface area contributed by atoms with Crippen molar-refractivity contribution < 1.29 is 15.3 Å². The summed E-state index contributed by atoms with van der Waals surface area (Å²) in [5.41, 5.74) is -0.299. The summed E-state index contributed by atoms with van der Waals surface area (Å²) in [6, 6.07) is 0. The number of hydrogen-bond acceptors (Lipinski definition) is 3. The zero-order valence-corrected chi connectivity index (χ0v) is 9.44. The summed E-state index contributed by atoms with van der Waals surface area (Å²) in [4.78, 5) is 0. The first-order valence-electron chi connectivity index (χ1n) is 5.34. The van der Waals surface area contributed by atoms with Gasteiger partial charge < -0.3 is 15.3 Å². The van der Waals surface area contributed by atoms with Gasteiger partial charge in [0.25, 0.3) is 0 Å². The van der Waals surface area contributed by atoms with Crippen molar-refractivity contribution in [2.45, 2.75) is 39.9 Å². The molecular formula is C11H22O3. The summed E-state index contributed by atoms with van der Waals surface area (Å²) >= 11 is 0. The van der Waals surface area contributed by atoms with Crippen LogP contribution in [0.1, 0.15) is 27.7 Å².